The zero-order valence-electron chi connectivity index (χ0n) is 52.6. The number of benzene rings is 4. The number of para-hydroxylation sites is 1. The maximum Gasteiger partial charge on any atom is 0.127 e. The van der Waals surface area contributed by atoms with Gasteiger partial charge in [-0.1, -0.05) is 148 Å². The van der Waals surface area contributed by atoms with E-state index in [1.54, 1.807) is 0 Å². The van der Waals surface area contributed by atoms with Crippen molar-refractivity contribution in [3.63, 3.8) is 0 Å². The van der Waals surface area contributed by atoms with Gasteiger partial charge in [-0.15, -0.1) is 0 Å². The number of nitrogens with zero attached hydrogens (tertiary/aromatic N) is 7. The zero-order chi connectivity index (χ0) is 59.9. The first-order valence-corrected chi connectivity index (χ1v) is 32.5. The molecule has 86 heavy (non-hydrogen) atoms. The van der Waals surface area contributed by atoms with Crippen LogP contribution in [0, 0.1) is 0 Å². The Balaban J connectivity index is 1.15. The van der Waals surface area contributed by atoms with Crippen LogP contribution >= 0.6 is 0 Å². The number of unbranched alkanes of at least 4 members (excludes halogenated alkanes) is 7. The van der Waals surface area contributed by atoms with Gasteiger partial charge in [0.1, 0.15) is 23.0 Å². The molecular weight excluding hydrogens is 1060 g/mol. The molecule has 0 saturated heterocycles. The van der Waals surface area contributed by atoms with Gasteiger partial charge in [0.15, 0.2) is 0 Å². The van der Waals surface area contributed by atoms with E-state index in [4.69, 9.17) is 38.9 Å². The molecule has 0 aliphatic carbocycles. The van der Waals surface area contributed by atoms with E-state index in [9.17, 15) is 0 Å². The van der Waals surface area contributed by atoms with Crippen molar-refractivity contribution in [1.82, 2.24) is 14.7 Å². The summed E-state index contributed by atoms with van der Waals surface area (Å²) in [4.78, 5) is 29.7. The Morgan fingerprint density at radius 1 is 0.302 bits per heavy atom. The van der Waals surface area contributed by atoms with Gasteiger partial charge in [0.05, 0.1) is 72.1 Å². The Hall–Kier alpha value is -7.44. The standard InChI is InChI=1S/C75H93N7O4/c1-8-15-16-17-18-19-20-23-52-86-71-28-22-21-27-62(71)75-69-47-45-67(78-69)73(57-31-37-60(38-32-57)84-54-25-50-81(11-4)12-5)65-43-41-63(76-65)72(56-29-35-59(36-30-56)83-53-24-49-80(9-2)10-3)64-42-44-66(77-64)74(68-46-48-70(75)79-68)58-33-39-61(40-34-58)85-55-26-51-82(13-6)14-7/h21-22,27-48H,8-20,23-26,49-55H2,1-7H3. The molecule has 11 nitrogen and oxygen atoms in total. The van der Waals surface area contributed by atoms with Gasteiger partial charge in [-0.2, -0.15) is 0 Å². The molecule has 4 aromatic rings. The summed E-state index contributed by atoms with van der Waals surface area (Å²) in [5.74, 6) is 3.31. The highest BCUT2D eigenvalue weighted by atomic mass is 16.5. The third-order valence-corrected chi connectivity index (χ3v) is 16.8. The average Bonchev–Trinajstić information content (AvgIpc) is 2.09. The van der Waals surface area contributed by atoms with Crippen LogP contribution in [0.25, 0.3) is 22.3 Å². The maximum atomic E-state index is 6.77. The van der Waals surface area contributed by atoms with Crippen molar-refractivity contribution in [2.75, 3.05) is 85.3 Å². The fraction of sp³-hybridized carbons (Fsp3) is 0.413. The quantitative estimate of drug-likeness (QED) is 0.0423. The van der Waals surface area contributed by atoms with Crippen molar-refractivity contribution in [2.24, 2.45) is 20.0 Å². The summed E-state index contributed by atoms with van der Waals surface area (Å²) in [5, 5.41) is 0. The predicted octanol–water partition coefficient (Wildman–Crippen LogP) is 16.5. The van der Waals surface area contributed by atoms with Crippen molar-refractivity contribution in [3.8, 4) is 23.0 Å². The highest BCUT2D eigenvalue weighted by Crippen LogP contribution is 2.41. The molecule has 8 bridgehead atoms. The largest absolute Gasteiger partial charge is 0.494 e. The fourth-order valence-electron chi connectivity index (χ4n) is 11.7. The Morgan fingerprint density at radius 3 is 0.977 bits per heavy atom. The summed E-state index contributed by atoms with van der Waals surface area (Å²) in [6.45, 7) is 27.3. The fourth-order valence-corrected chi connectivity index (χ4v) is 11.7. The molecule has 9 rings (SSSR count). The number of aliphatic imine (C=N–C) groups is 4. The van der Waals surface area contributed by atoms with Gasteiger partial charge in [-0.05, 0) is 173 Å². The van der Waals surface area contributed by atoms with E-state index in [1.807, 2.05) is 0 Å². The molecule has 5 aliphatic heterocycles. The van der Waals surface area contributed by atoms with Gasteiger partial charge in [-0.3, -0.25) is 0 Å². The predicted molar refractivity (Wildman–Crippen MR) is 362 cm³/mol. The summed E-state index contributed by atoms with van der Waals surface area (Å²) in [6.07, 6.45) is 29.7. The van der Waals surface area contributed by atoms with Crippen LogP contribution < -0.4 is 18.9 Å². The molecule has 0 aromatic heterocycles. The molecule has 5 heterocycles. The topological polar surface area (TPSA) is 96.1 Å². The van der Waals surface area contributed by atoms with Crippen molar-refractivity contribution in [1.29, 1.82) is 0 Å². The first kappa shape index (κ1) is 63.1. The second-order valence-electron chi connectivity index (χ2n) is 22.4. The van der Waals surface area contributed by atoms with Crippen LogP contribution in [0.15, 0.2) is 188 Å². The molecule has 0 amide bonds. The average molecular weight is 1160 g/mol. The lowest BCUT2D eigenvalue weighted by Gasteiger charge is -2.18. The minimum atomic E-state index is 0.629. The molecule has 4 aromatic carbocycles. The zero-order valence-corrected chi connectivity index (χ0v) is 52.6. The lowest BCUT2D eigenvalue weighted by atomic mass is 9.97. The Kier molecular flexibility index (Phi) is 24.1. The smallest absolute Gasteiger partial charge is 0.127 e. The van der Waals surface area contributed by atoms with E-state index < -0.39 is 0 Å². The van der Waals surface area contributed by atoms with Gasteiger partial charge in [-0.25, -0.2) is 20.0 Å². The first-order valence-electron chi connectivity index (χ1n) is 32.5. The third-order valence-electron chi connectivity index (χ3n) is 16.8. The highest BCUT2D eigenvalue weighted by molar-refractivity contribution is 6.39. The van der Waals surface area contributed by atoms with Gasteiger partial charge in [0, 0.05) is 47.5 Å². The molecular formula is C75H93N7O4. The van der Waals surface area contributed by atoms with Crippen molar-refractivity contribution >= 4 is 45.1 Å². The summed E-state index contributed by atoms with van der Waals surface area (Å²) < 4.78 is 25.8. The number of rotatable bonds is 35. The molecule has 5 aliphatic rings. The van der Waals surface area contributed by atoms with Crippen LogP contribution in [0.1, 0.15) is 141 Å². The second-order valence-corrected chi connectivity index (χ2v) is 22.4. The van der Waals surface area contributed by atoms with Crippen LogP contribution in [0.3, 0.4) is 0 Å². The van der Waals surface area contributed by atoms with E-state index in [-0.39, 0.29) is 0 Å². The van der Waals surface area contributed by atoms with Crippen molar-refractivity contribution < 1.29 is 18.9 Å². The maximum absolute atomic E-state index is 6.77. The van der Waals surface area contributed by atoms with Crippen LogP contribution in [-0.2, 0) is 0 Å². The Morgan fingerprint density at radius 2 is 0.616 bits per heavy atom. The SMILES string of the molecule is CCCCCCCCCCOc1ccccc1C1=C2C=CC(=N2)C(c2ccc(OCCCN(CC)CC)cc2)=C2C=CC(=N2)C(c2ccc(OCCCN(CC)CC)cc2)=C2C=CC(=N2)C(c2ccc(OCCCN(CC)CC)cc2)=C2C=CC1=N2. The van der Waals surface area contributed by atoms with Crippen molar-refractivity contribution in [3.05, 3.63) is 191 Å². The highest BCUT2D eigenvalue weighted by Gasteiger charge is 2.29. The summed E-state index contributed by atoms with van der Waals surface area (Å²) in [7, 11) is 0. The lowest BCUT2D eigenvalue weighted by Crippen LogP contribution is -2.25. The molecule has 0 unspecified atom stereocenters. The number of fused-ring (bicyclic) bond motifs is 4. The molecule has 452 valence electrons. The van der Waals surface area contributed by atoms with Gasteiger partial charge in [0.25, 0.3) is 0 Å². The minimum Gasteiger partial charge on any atom is -0.494 e. The van der Waals surface area contributed by atoms with Gasteiger partial charge in [0.2, 0.25) is 0 Å². The summed E-state index contributed by atoms with van der Waals surface area (Å²) in [6, 6.07) is 33.6. The lowest BCUT2D eigenvalue weighted by molar-refractivity contribution is 0.249. The van der Waals surface area contributed by atoms with Gasteiger partial charge < -0.3 is 33.6 Å². The number of hydrogen-bond acceptors (Lipinski definition) is 11. The van der Waals surface area contributed by atoms with E-state index in [1.165, 1.54) is 38.5 Å². The Labute approximate surface area is 514 Å². The normalized spacial score (nSPS) is 15.3. The monoisotopic (exact) mass is 1160 g/mol. The van der Waals surface area contributed by atoms with Crippen molar-refractivity contribution in [2.45, 2.75) is 119 Å². The number of allylic oxidation sites excluding steroid dienone is 12. The van der Waals surface area contributed by atoms with Crippen LogP contribution in [-0.4, -0.2) is 123 Å². The van der Waals surface area contributed by atoms with Crippen LogP contribution in [0.2, 0.25) is 0 Å². The van der Waals surface area contributed by atoms with E-state index in [0.29, 0.717) is 26.4 Å². The van der Waals surface area contributed by atoms with E-state index in [0.717, 1.165) is 204 Å². The molecule has 0 N–H and O–H groups in total. The van der Waals surface area contributed by atoms with E-state index >= 15 is 0 Å². The van der Waals surface area contributed by atoms with E-state index in [2.05, 4.69) is 209 Å². The second kappa shape index (κ2) is 32.9. The first-order chi connectivity index (χ1) is 42.3. The molecule has 0 atom stereocenters. The third kappa shape index (κ3) is 16.7. The minimum absolute atomic E-state index is 0.629. The van der Waals surface area contributed by atoms with Crippen LogP contribution in [0.4, 0.5) is 0 Å². The molecule has 0 fully saturated rings. The Bertz CT molecular complexity index is 3220. The van der Waals surface area contributed by atoms with Crippen LogP contribution in [0.5, 0.6) is 23.0 Å². The summed E-state index contributed by atoms with van der Waals surface area (Å²) in [5.41, 5.74) is 13.9. The summed E-state index contributed by atoms with van der Waals surface area (Å²) >= 11 is 0. The number of hydrogen-bond donors (Lipinski definition) is 0. The molecule has 0 spiro atoms. The molecule has 0 saturated carbocycles. The van der Waals surface area contributed by atoms with Gasteiger partial charge >= 0.3 is 0 Å². The number of ether oxygens (including phenoxy) is 4. The molecule has 0 radical (unpaired) electrons. The molecule has 11 heteroatoms.